The minimum atomic E-state index is -0.254. The Hall–Kier alpha value is -4.00. The minimum Gasteiger partial charge on any atom is -0.323 e. The molecular weight excluding hydrogens is 390 g/mol. The van der Waals surface area contributed by atoms with Crippen LogP contribution in [0, 0.1) is 0 Å². The lowest BCUT2D eigenvalue weighted by molar-refractivity contribution is -0.115. The van der Waals surface area contributed by atoms with Gasteiger partial charge in [-0.05, 0) is 32.0 Å². The second-order valence-corrected chi connectivity index (χ2v) is 7.80. The van der Waals surface area contributed by atoms with Gasteiger partial charge in [0.05, 0.1) is 34.2 Å². The molecule has 0 bridgehead atoms. The smallest absolute Gasteiger partial charge is 0.259 e. The van der Waals surface area contributed by atoms with Crippen LogP contribution in [0.25, 0.3) is 22.3 Å². The van der Waals surface area contributed by atoms with Gasteiger partial charge in [-0.3, -0.25) is 14.5 Å². The Morgan fingerprint density at radius 3 is 2.58 bits per heavy atom. The number of amides is 2. The summed E-state index contributed by atoms with van der Waals surface area (Å²) in [6.07, 6.45) is 1.68. The Morgan fingerprint density at radius 2 is 1.81 bits per heavy atom. The molecule has 2 aromatic heterocycles. The first kappa shape index (κ1) is 19.0. The lowest BCUT2D eigenvalue weighted by atomic mass is 10.0. The van der Waals surface area contributed by atoms with Crippen molar-refractivity contribution in [2.24, 2.45) is 0 Å². The van der Waals surface area contributed by atoms with Gasteiger partial charge in [0.2, 0.25) is 5.91 Å². The summed E-state index contributed by atoms with van der Waals surface area (Å²) in [6, 6.07) is 18.9. The molecule has 0 unspecified atom stereocenters. The van der Waals surface area contributed by atoms with Crippen LogP contribution in [-0.4, -0.2) is 33.1 Å². The number of carbonyl (C=O) groups is 2. The molecule has 3 heterocycles. The van der Waals surface area contributed by atoms with Crippen molar-refractivity contribution in [3.63, 3.8) is 0 Å². The topological polar surface area (TPSA) is 80.1 Å². The second-order valence-electron chi connectivity index (χ2n) is 7.80. The number of carbonyl (C=O) groups excluding carboxylic acids is 2. The average Bonchev–Trinajstić information content (AvgIpc) is 3.22. The molecule has 1 aliphatic heterocycles. The molecule has 2 aromatic carbocycles. The number of nitrogens with zero attached hydrogens (tertiary/aromatic N) is 4. The fourth-order valence-electron chi connectivity index (χ4n) is 3.89. The lowest BCUT2D eigenvalue weighted by Crippen LogP contribution is -2.42. The predicted molar refractivity (Wildman–Crippen MR) is 120 cm³/mol. The van der Waals surface area contributed by atoms with Crippen molar-refractivity contribution >= 4 is 34.2 Å². The summed E-state index contributed by atoms with van der Waals surface area (Å²) in [5.74, 6) is -0.478. The van der Waals surface area contributed by atoms with E-state index in [1.54, 1.807) is 18.3 Å². The highest BCUT2D eigenvalue weighted by molar-refractivity contribution is 6.19. The molecule has 0 radical (unpaired) electrons. The molecule has 1 N–H and O–H groups in total. The summed E-state index contributed by atoms with van der Waals surface area (Å²) in [6.45, 7) is 4.00. The van der Waals surface area contributed by atoms with Gasteiger partial charge < -0.3 is 5.32 Å². The summed E-state index contributed by atoms with van der Waals surface area (Å²) in [7, 11) is 0. The molecule has 0 saturated carbocycles. The van der Waals surface area contributed by atoms with E-state index in [1.165, 1.54) is 4.90 Å². The van der Waals surface area contributed by atoms with Gasteiger partial charge in [-0.15, -0.1) is 0 Å². The molecule has 2 amide bonds. The maximum absolute atomic E-state index is 13.8. The normalized spacial score (nSPS) is 13.4. The summed E-state index contributed by atoms with van der Waals surface area (Å²) >= 11 is 0. The van der Waals surface area contributed by atoms with E-state index in [4.69, 9.17) is 4.98 Å². The lowest BCUT2D eigenvalue weighted by Gasteiger charge is -2.29. The van der Waals surface area contributed by atoms with Gasteiger partial charge in [-0.25, -0.2) is 9.67 Å². The van der Waals surface area contributed by atoms with E-state index in [2.05, 4.69) is 10.4 Å². The van der Waals surface area contributed by atoms with Crippen molar-refractivity contribution < 1.29 is 9.59 Å². The standard InChI is InChI=1S/C24H21N5O2/c1-15(2)29-23-18(13-25-29)17(12-20(27-23)16-8-4-3-5-9-16)24(31)28-14-22(30)26-19-10-6-7-11-21(19)28/h3-13,15H,14H2,1-2H3,(H,26,30). The maximum atomic E-state index is 13.8. The fourth-order valence-corrected chi connectivity index (χ4v) is 3.89. The zero-order valence-corrected chi connectivity index (χ0v) is 17.2. The molecule has 5 rings (SSSR count). The van der Waals surface area contributed by atoms with Crippen LogP contribution in [0.1, 0.15) is 30.2 Å². The Bertz CT molecular complexity index is 1310. The van der Waals surface area contributed by atoms with Gasteiger partial charge >= 0.3 is 0 Å². The van der Waals surface area contributed by atoms with Crippen LogP contribution >= 0.6 is 0 Å². The molecule has 0 spiro atoms. The van der Waals surface area contributed by atoms with Crippen molar-refractivity contribution in [1.29, 1.82) is 0 Å². The number of pyridine rings is 1. The van der Waals surface area contributed by atoms with Gasteiger partial charge in [-0.1, -0.05) is 42.5 Å². The minimum absolute atomic E-state index is 0.0430. The van der Waals surface area contributed by atoms with Crippen molar-refractivity contribution in [3.05, 3.63) is 72.4 Å². The molecule has 4 aromatic rings. The Balaban J connectivity index is 1.71. The molecule has 7 heteroatoms. The summed E-state index contributed by atoms with van der Waals surface area (Å²) < 4.78 is 1.81. The van der Waals surface area contributed by atoms with Gasteiger partial charge in [0.25, 0.3) is 5.91 Å². The van der Waals surface area contributed by atoms with E-state index in [9.17, 15) is 9.59 Å². The van der Waals surface area contributed by atoms with E-state index in [1.807, 2.05) is 67.1 Å². The monoisotopic (exact) mass is 411 g/mol. The molecule has 31 heavy (non-hydrogen) atoms. The Kier molecular flexibility index (Phi) is 4.51. The molecule has 1 aliphatic rings. The van der Waals surface area contributed by atoms with Crippen molar-refractivity contribution in [2.75, 3.05) is 16.8 Å². The zero-order valence-electron chi connectivity index (χ0n) is 17.2. The van der Waals surface area contributed by atoms with E-state index in [-0.39, 0.29) is 24.4 Å². The molecule has 154 valence electrons. The maximum Gasteiger partial charge on any atom is 0.259 e. The number of benzene rings is 2. The number of fused-ring (bicyclic) bond motifs is 2. The second kappa shape index (κ2) is 7.36. The van der Waals surface area contributed by atoms with E-state index in [0.29, 0.717) is 33.7 Å². The third kappa shape index (κ3) is 3.24. The summed E-state index contributed by atoms with van der Waals surface area (Å²) in [5.41, 5.74) is 4.02. The molecular formula is C24H21N5O2. The number of hydrogen-bond acceptors (Lipinski definition) is 4. The highest BCUT2D eigenvalue weighted by Gasteiger charge is 2.29. The van der Waals surface area contributed by atoms with Gasteiger partial charge in [0.15, 0.2) is 5.65 Å². The van der Waals surface area contributed by atoms with Crippen LogP contribution in [0.5, 0.6) is 0 Å². The van der Waals surface area contributed by atoms with Gasteiger partial charge in [0, 0.05) is 11.6 Å². The molecule has 7 nitrogen and oxygen atoms in total. The largest absolute Gasteiger partial charge is 0.323 e. The quantitative estimate of drug-likeness (QED) is 0.546. The van der Waals surface area contributed by atoms with Gasteiger partial charge in [-0.2, -0.15) is 5.10 Å². The number of anilines is 2. The van der Waals surface area contributed by atoms with E-state index < -0.39 is 0 Å². The van der Waals surface area contributed by atoms with Crippen LogP contribution in [0.2, 0.25) is 0 Å². The molecule has 0 fully saturated rings. The summed E-state index contributed by atoms with van der Waals surface area (Å²) in [5, 5.41) is 7.98. The number of rotatable bonds is 3. The molecule has 0 atom stereocenters. The number of aromatic nitrogens is 3. The van der Waals surface area contributed by atoms with Gasteiger partial charge in [0.1, 0.15) is 6.54 Å². The Morgan fingerprint density at radius 1 is 1.06 bits per heavy atom. The SMILES string of the molecule is CC(C)n1ncc2c(C(=O)N3CC(=O)Nc4ccccc43)cc(-c3ccccc3)nc21. The third-order valence-corrected chi connectivity index (χ3v) is 5.37. The Labute approximate surface area is 179 Å². The highest BCUT2D eigenvalue weighted by Crippen LogP contribution is 2.33. The van der Waals surface area contributed by atoms with E-state index in [0.717, 1.165) is 5.56 Å². The predicted octanol–water partition coefficient (Wildman–Crippen LogP) is 4.28. The first-order chi connectivity index (χ1) is 15.0. The van der Waals surface area contributed by atoms with Crippen LogP contribution < -0.4 is 10.2 Å². The highest BCUT2D eigenvalue weighted by atomic mass is 16.2. The number of para-hydroxylation sites is 2. The average molecular weight is 411 g/mol. The van der Waals surface area contributed by atoms with Crippen LogP contribution in [0.4, 0.5) is 11.4 Å². The van der Waals surface area contributed by atoms with Crippen molar-refractivity contribution in [2.45, 2.75) is 19.9 Å². The first-order valence-corrected chi connectivity index (χ1v) is 10.2. The van der Waals surface area contributed by atoms with E-state index >= 15 is 0 Å². The van der Waals surface area contributed by atoms with Crippen LogP contribution in [-0.2, 0) is 4.79 Å². The molecule has 0 aliphatic carbocycles. The molecule has 0 saturated heterocycles. The number of hydrogen-bond donors (Lipinski definition) is 1. The van der Waals surface area contributed by atoms with Crippen LogP contribution in [0.15, 0.2) is 66.9 Å². The third-order valence-electron chi connectivity index (χ3n) is 5.37. The first-order valence-electron chi connectivity index (χ1n) is 10.2. The zero-order chi connectivity index (χ0) is 21.5. The van der Waals surface area contributed by atoms with Crippen molar-refractivity contribution in [3.8, 4) is 11.3 Å². The fraction of sp³-hybridized carbons (Fsp3) is 0.167. The number of nitrogens with one attached hydrogen (secondary N) is 1. The van der Waals surface area contributed by atoms with Crippen molar-refractivity contribution in [1.82, 2.24) is 14.8 Å². The van der Waals surface area contributed by atoms with Crippen LogP contribution in [0.3, 0.4) is 0 Å². The summed E-state index contributed by atoms with van der Waals surface area (Å²) in [4.78, 5) is 32.4.